The zero-order valence-electron chi connectivity index (χ0n) is 20.8. The predicted octanol–water partition coefficient (Wildman–Crippen LogP) is 5.35. The van der Waals surface area contributed by atoms with E-state index in [0.29, 0.717) is 18.6 Å². The molecule has 0 amide bonds. The van der Waals surface area contributed by atoms with E-state index in [1.807, 2.05) is 34.6 Å². The second-order valence-corrected chi connectivity index (χ2v) is 10.5. The van der Waals surface area contributed by atoms with Gasteiger partial charge in [-0.2, -0.15) is 0 Å². The Bertz CT molecular complexity index is 839. The van der Waals surface area contributed by atoms with E-state index < -0.39 is 23.6 Å². The zero-order chi connectivity index (χ0) is 24.2. The van der Waals surface area contributed by atoms with Crippen molar-refractivity contribution in [3.63, 3.8) is 0 Å². The number of aliphatic hydroxyl groups is 1. The highest BCUT2D eigenvalue weighted by atomic mass is 16.6. The number of aliphatic hydroxyl groups excluding tert-OH is 1. The first kappa shape index (κ1) is 25.5. The quantitative estimate of drug-likeness (QED) is 0.527. The molecule has 2 aliphatic rings. The Morgan fingerprint density at radius 3 is 2.55 bits per heavy atom. The van der Waals surface area contributed by atoms with Gasteiger partial charge in [-0.3, -0.25) is 9.59 Å². The molecular formula is C27H40O6. The van der Waals surface area contributed by atoms with Crippen molar-refractivity contribution in [1.29, 1.82) is 0 Å². The highest BCUT2D eigenvalue weighted by Gasteiger charge is 2.36. The number of benzene rings is 1. The van der Waals surface area contributed by atoms with Crippen LogP contribution < -0.4 is 4.74 Å². The fourth-order valence-corrected chi connectivity index (χ4v) is 4.81. The van der Waals surface area contributed by atoms with Crippen molar-refractivity contribution in [2.45, 2.75) is 104 Å². The van der Waals surface area contributed by atoms with Crippen molar-refractivity contribution >= 4 is 11.9 Å². The van der Waals surface area contributed by atoms with Crippen molar-refractivity contribution in [2.24, 2.45) is 11.3 Å². The van der Waals surface area contributed by atoms with E-state index in [9.17, 15) is 14.7 Å². The molecule has 3 atom stereocenters. The lowest BCUT2D eigenvalue weighted by Crippen LogP contribution is -2.36. The lowest BCUT2D eigenvalue weighted by atomic mass is 9.81. The summed E-state index contributed by atoms with van der Waals surface area (Å²) < 4.78 is 17.9. The lowest BCUT2D eigenvalue weighted by molar-refractivity contribution is -0.165. The van der Waals surface area contributed by atoms with Crippen LogP contribution in [0.3, 0.4) is 0 Å². The fraction of sp³-hybridized carbons (Fsp3) is 0.704. The van der Waals surface area contributed by atoms with Gasteiger partial charge < -0.3 is 19.3 Å². The monoisotopic (exact) mass is 460 g/mol. The molecule has 2 fully saturated rings. The molecule has 3 rings (SSSR count). The molecule has 1 aromatic rings. The molecule has 184 valence electrons. The maximum absolute atomic E-state index is 13.1. The number of aryl methyl sites for hydroxylation is 2. The number of rotatable bonds is 8. The van der Waals surface area contributed by atoms with Crippen LogP contribution in [-0.4, -0.2) is 35.9 Å². The summed E-state index contributed by atoms with van der Waals surface area (Å²) in [5.41, 5.74) is 2.38. The van der Waals surface area contributed by atoms with Crippen molar-refractivity contribution in [3.8, 4) is 5.75 Å². The second kappa shape index (κ2) is 10.9. The van der Waals surface area contributed by atoms with E-state index in [0.717, 1.165) is 42.4 Å². The number of hydrogen-bond donors (Lipinski definition) is 1. The minimum Gasteiger partial charge on any atom is -0.489 e. The smallest absolute Gasteiger partial charge is 0.312 e. The van der Waals surface area contributed by atoms with Crippen LogP contribution in [-0.2, 0) is 19.1 Å². The van der Waals surface area contributed by atoms with Gasteiger partial charge in [0.2, 0.25) is 0 Å². The first-order chi connectivity index (χ1) is 15.6. The summed E-state index contributed by atoms with van der Waals surface area (Å²) in [6, 6.07) is 4.12. The molecule has 0 aromatic heterocycles. The van der Waals surface area contributed by atoms with Crippen LogP contribution in [0.1, 0.15) is 94.9 Å². The van der Waals surface area contributed by atoms with Gasteiger partial charge >= 0.3 is 11.9 Å². The van der Waals surface area contributed by atoms with Crippen LogP contribution in [0.15, 0.2) is 12.1 Å². The third kappa shape index (κ3) is 6.50. The third-order valence-corrected chi connectivity index (χ3v) is 7.15. The molecule has 1 aliphatic carbocycles. The topological polar surface area (TPSA) is 82.1 Å². The van der Waals surface area contributed by atoms with Crippen LogP contribution in [0.25, 0.3) is 0 Å². The minimum absolute atomic E-state index is 0.0260. The molecular weight excluding hydrogens is 420 g/mol. The molecule has 0 bridgehead atoms. The normalized spacial score (nSPS) is 23.0. The Kier molecular flexibility index (Phi) is 8.43. The molecule has 0 radical (unpaired) electrons. The van der Waals surface area contributed by atoms with Gasteiger partial charge in [-0.05, 0) is 58.6 Å². The van der Waals surface area contributed by atoms with Crippen LogP contribution in [0.4, 0.5) is 0 Å². The summed E-state index contributed by atoms with van der Waals surface area (Å²) in [5, 5.41) is 9.94. The average molecular weight is 461 g/mol. The van der Waals surface area contributed by atoms with E-state index in [-0.39, 0.29) is 31.0 Å². The fourth-order valence-electron chi connectivity index (χ4n) is 4.81. The second-order valence-electron chi connectivity index (χ2n) is 10.5. The molecule has 1 saturated carbocycles. The maximum atomic E-state index is 13.1. The van der Waals surface area contributed by atoms with Gasteiger partial charge in [0, 0.05) is 17.9 Å². The number of carbonyl (C=O) groups excluding carboxylic acids is 2. The molecule has 1 aliphatic heterocycles. The van der Waals surface area contributed by atoms with Crippen LogP contribution in [0, 0.1) is 25.2 Å². The Morgan fingerprint density at radius 1 is 1.21 bits per heavy atom. The standard InChI is InChI=1S/C27H40O6/c1-6-27(4,5)26(30)33-25(19-10-8-7-9-11-19)22-13-17(2)12-18(3)24(22)31-16-21-14-20(28)15-23(29)32-21/h12-13,19-21,25,28H,6-11,14-16H2,1-5H3/t20-,21+,25+/m1/s1. The van der Waals surface area contributed by atoms with Crippen LogP contribution in [0.2, 0.25) is 0 Å². The molecule has 0 spiro atoms. The first-order valence-corrected chi connectivity index (χ1v) is 12.4. The van der Waals surface area contributed by atoms with Crippen molar-refractivity contribution in [2.75, 3.05) is 6.61 Å². The maximum Gasteiger partial charge on any atom is 0.312 e. The van der Waals surface area contributed by atoms with Crippen molar-refractivity contribution in [3.05, 3.63) is 28.8 Å². The molecule has 1 heterocycles. The molecule has 1 saturated heterocycles. The lowest BCUT2D eigenvalue weighted by Gasteiger charge is -2.34. The van der Waals surface area contributed by atoms with Crippen molar-refractivity contribution in [1.82, 2.24) is 0 Å². The van der Waals surface area contributed by atoms with Crippen molar-refractivity contribution < 1.29 is 28.9 Å². The Balaban J connectivity index is 1.91. The van der Waals surface area contributed by atoms with Gasteiger partial charge in [0.05, 0.1) is 17.9 Å². The van der Waals surface area contributed by atoms with Gasteiger partial charge in [-0.15, -0.1) is 0 Å². The summed E-state index contributed by atoms with van der Waals surface area (Å²) in [5.74, 6) is 0.344. The van der Waals surface area contributed by atoms with Gasteiger partial charge in [-0.25, -0.2) is 0 Å². The van der Waals surface area contributed by atoms with E-state index in [1.54, 1.807) is 0 Å². The molecule has 0 unspecified atom stereocenters. The van der Waals surface area contributed by atoms with E-state index in [4.69, 9.17) is 14.2 Å². The molecule has 1 N–H and O–H groups in total. The van der Waals surface area contributed by atoms with Gasteiger partial charge in [0.15, 0.2) is 0 Å². The number of ether oxygens (including phenoxy) is 3. The van der Waals surface area contributed by atoms with E-state index >= 15 is 0 Å². The molecule has 6 nitrogen and oxygen atoms in total. The average Bonchev–Trinajstić information content (AvgIpc) is 2.76. The van der Waals surface area contributed by atoms with E-state index in [1.165, 1.54) is 6.42 Å². The number of carbonyl (C=O) groups is 2. The predicted molar refractivity (Wildman–Crippen MR) is 126 cm³/mol. The van der Waals surface area contributed by atoms with Gasteiger partial charge in [0.25, 0.3) is 0 Å². The minimum atomic E-state index is -0.703. The SMILES string of the molecule is CCC(C)(C)C(=O)O[C@H](c1cc(C)cc(C)c1OC[C@@H]1C[C@@H](O)CC(=O)O1)C1CCCCC1. The summed E-state index contributed by atoms with van der Waals surface area (Å²) in [6.07, 6.45) is 5.02. The Hall–Kier alpha value is -2.08. The Labute approximate surface area is 198 Å². The summed E-state index contributed by atoms with van der Waals surface area (Å²) in [6.45, 7) is 10.0. The summed E-state index contributed by atoms with van der Waals surface area (Å²) >= 11 is 0. The molecule has 6 heteroatoms. The highest BCUT2D eigenvalue weighted by molar-refractivity contribution is 5.76. The van der Waals surface area contributed by atoms with Gasteiger partial charge in [0.1, 0.15) is 24.6 Å². The van der Waals surface area contributed by atoms with E-state index in [2.05, 4.69) is 12.1 Å². The highest BCUT2D eigenvalue weighted by Crippen LogP contribution is 2.43. The summed E-state index contributed by atoms with van der Waals surface area (Å²) in [4.78, 5) is 24.9. The van der Waals surface area contributed by atoms with Crippen LogP contribution in [0.5, 0.6) is 5.75 Å². The first-order valence-electron chi connectivity index (χ1n) is 12.4. The Morgan fingerprint density at radius 2 is 1.91 bits per heavy atom. The summed E-state index contributed by atoms with van der Waals surface area (Å²) in [7, 11) is 0. The third-order valence-electron chi connectivity index (χ3n) is 7.15. The van der Waals surface area contributed by atoms with Gasteiger partial charge in [-0.1, -0.05) is 37.8 Å². The molecule has 1 aromatic carbocycles. The number of esters is 2. The van der Waals surface area contributed by atoms with Crippen LogP contribution >= 0.6 is 0 Å². The molecule has 33 heavy (non-hydrogen) atoms. The number of cyclic esters (lactones) is 1. The number of hydrogen-bond acceptors (Lipinski definition) is 6. The largest absolute Gasteiger partial charge is 0.489 e. The zero-order valence-corrected chi connectivity index (χ0v) is 20.8.